The Labute approximate surface area is 94.4 Å². The van der Waals surface area contributed by atoms with Crippen molar-refractivity contribution in [3.8, 4) is 0 Å². The summed E-state index contributed by atoms with van der Waals surface area (Å²) in [7, 11) is 0. The number of ketones is 1. The topological polar surface area (TPSA) is 29.4 Å². The number of Topliss-reactive ketones (excluding diaryl/α,β-unsaturated/α-hetero) is 1. The molecule has 1 aromatic rings. The number of hydrogen-bond donors (Lipinski definition) is 0. The first-order chi connectivity index (χ1) is 6.61. The van der Waals surface area contributed by atoms with Gasteiger partial charge in [0.1, 0.15) is 11.5 Å². The van der Waals surface area contributed by atoms with Crippen molar-refractivity contribution in [2.45, 2.75) is 6.92 Å². The van der Waals surface area contributed by atoms with Gasteiger partial charge in [-0.2, -0.15) is 0 Å². The fourth-order valence-electron chi connectivity index (χ4n) is 1.38. The van der Waals surface area contributed by atoms with Gasteiger partial charge in [-0.3, -0.25) is 9.79 Å². The van der Waals surface area contributed by atoms with Gasteiger partial charge in [0, 0.05) is 9.78 Å². The minimum Gasteiger partial charge on any atom is -0.293 e. The van der Waals surface area contributed by atoms with Crippen LogP contribution in [0.4, 0.5) is 10.1 Å². The predicted octanol–water partition coefficient (Wildman–Crippen LogP) is 2.97. The van der Waals surface area contributed by atoms with Crippen molar-refractivity contribution in [1.29, 1.82) is 0 Å². The average molecular weight is 303 g/mol. The molecule has 0 fully saturated rings. The number of aliphatic imine (C=N–C) groups is 1. The molecule has 14 heavy (non-hydrogen) atoms. The van der Waals surface area contributed by atoms with Crippen LogP contribution in [0, 0.1) is 15.3 Å². The third-order valence-corrected chi connectivity index (χ3v) is 3.06. The minimum absolute atomic E-state index is 0.0566. The highest BCUT2D eigenvalue weighted by atomic mass is 127. The lowest BCUT2D eigenvalue weighted by atomic mass is 9.96. The molecular weight excluding hydrogens is 296 g/mol. The van der Waals surface area contributed by atoms with E-state index >= 15 is 0 Å². The fourth-order valence-corrected chi connectivity index (χ4v) is 2.08. The zero-order valence-corrected chi connectivity index (χ0v) is 9.58. The first kappa shape index (κ1) is 9.76. The van der Waals surface area contributed by atoms with Gasteiger partial charge < -0.3 is 0 Å². The summed E-state index contributed by atoms with van der Waals surface area (Å²) in [6.07, 6.45) is 1.49. The lowest BCUT2D eigenvalue weighted by Gasteiger charge is -2.15. The highest BCUT2D eigenvalue weighted by Gasteiger charge is 2.25. The highest BCUT2D eigenvalue weighted by molar-refractivity contribution is 14.1. The number of hydrogen-bond acceptors (Lipinski definition) is 2. The van der Waals surface area contributed by atoms with Gasteiger partial charge in [-0.15, -0.1) is 0 Å². The number of carbonyl (C=O) groups excluding carboxylic acids is 1. The maximum absolute atomic E-state index is 13.3. The molecule has 1 unspecified atom stereocenters. The number of carbonyl (C=O) groups is 1. The lowest BCUT2D eigenvalue weighted by molar-refractivity contribution is 0.0961. The summed E-state index contributed by atoms with van der Waals surface area (Å²) in [6, 6.07) is 2.93. The van der Waals surface area contributed by atoms with Crippen LogP contribution in [0.25, 0.3) is 0 Å². The van der Waals surface area contributed by atoms with Crippen molar-refractivity contribution >= 4 is 40.3 Å². The van der Waals surface area contributed by atoms with E-state index in [1.165, 1.54) is 12.3 Å². The molecule has 0 bridgehead atoms. The normalized spacial score (nSPS) is 19.6. The Bertz CT molecular complexity index is 442. The first-order valence-corrected chi connectivity index (χ1v) is 5.25. The van der Waals surface area contributed by atoms with E-state index in [0.717, 1.165) is 3.57 Å². The van der Waals surface area contributed by atoms with Gasteiger partial charge in [0.25, 0.3) is 0 Å². The molecule has 0 aliphatic carbocycles. The van der Waals surface area contributed by atoms with Gasteiger partial charge in [-0.25, -0.2) is 4.39 Å². The zero-order chi connectivity index (χ0) is 10.3. The molecule has 72 valence electrons. The largest absolute Gasteiger partial charge is 0.293 e. The van der Waals surface area contributed by atoms with Crippen LogP contribution in [0.15, 0.2) is 17.1 Å². The molecule has 0 spiro atoms. The van der Waals surface area contributed by atoms with Crippen LogP contribution >= 0.6 is 22.6 Å². The predicted molar refractivity (Wildman–Crippen MR) is 60.8 cm³/mol. The second-order valence-electron chi connectivity index (χ2n) is 3.18. The van der Waals surface area contributed by atoms with E-state index < -0.39 is 5.82 Å². The van der Waals surface area contributed by atoms with Crippen LogP contribution < -0.4 is 0 Å². The zero-order valence-electron chi connectivity index (χ0n) is 7.42. The van der Waals surface area contributed by atoms with Gasteiger partial charge in [0.05, 0.1) is 11.5 Å². The van der Waals surface area contributed by atoms with Crippen molar-refractivity contribution in [1.82, 2.24) is 0 Å². The van der Waals surface area contributed by atoms with Gasteiger partial charge >= 0.3 is 0 Å². The van der Waals surface area contributed by atoms with Crippen LogP contribution in [0.3, 0.4) is 0 Å². The Hall–Kier alpha value is -0.780. The minimum atomic E-state index is -0.433. The van der Waals surface area contributed by atoms with Crippen molar-refractivity contribution in [2.24, 2.45) is 10.9 Å². The van der Waals surface area contributed by atoms with Crippen LogP contribution in [0.1, 0.15) is 17.3 Å². The van der Waals surface area contributed by atoms with Gasteiger partial charge in [0.2, 0.25) is 0 Å². The standard InChI is InChI=1S/C10H7FINO/c1-5-4-13-9-6(11)2-3-7(12)8(9)10(5)14/h2-5H,1H3. The molecule has 4 heteroatoms. The van der Waals surface area contributed by atoms with Gasteiger partial charge in [-0.1, -0.05) is 6.92 Å². The van der Waals surface area contributed by atoms with Crippen LogP contribution in [0.2, 0.25) is 0 Å². The molecule has 1 aromatic carbocycles. The summed E-state index contributed by atoms with van der Waals surface area (Å²) in [5.41, 5.74) is 0.598. The molecule has 0 saturated carbocycles. The molecule has 1 heterocycles. The molecular formula is C10H7FINO. The van der Waals surface area contributed by atoms with Crippen LogP contribution in [0.5, 0.6) is 0 Å². The molecule has 2 rings (SSSR count). The number of rotatable bonds is 0. The molecule has 0 N–H and O–H groups in total. The van der Waals surface area contributed by atoms with Crippen molar-refractivity contribution in [3.05, 3.63) is 27.1 Å². The quantitative estimate of drug-likeness (QED) is 0.678. The summed E-state index contributed by atoms with van der Waals surface area (Å²) >= 11 is 2.02. The van der Waals surface area contributed by atoms with E-state index in [2.05, 4.69) is 4.99 Å². The molecule has 1 atom stereocenters. The number of halogens is 2. The number of nitrogens with zero attached hydrogens (tertiary/aromatic N) is 1. The first-order valence-electron chi connectivity index (χ1n) is 4.17. The second-order valence-corrected chi connectivity index (χ2v) is 4.35. The highest BCUT2D eigenvalue weighted by Crippen LogP contribution is 2.32. The molecule has 0 aromatic heterocycles. The summed E-state index contributed by atoms with van der Waals surface area (Å²) in [4.78, 5) is 15.7. The molecule has 0 amide bonds. The molecule has 1 aliphatic heterocycles. The van der Waals surface area contributed by atoms with Crippen LogP contribution in [-0.2, 0) is 0 Å². The third kappa shape index (κ3) is 1.37. The van der Waals surface area contributed by atoms with Crippen LogP contribution in [-0.4, -0.2) is 12.0 Å². The van der Waals surface area contributed by atoms with Crippen molar-refractivity contribution in [3.63, 3.8) is 0 Å². The van der Waals surface area contributed by atoms with E-state index in [0.29, 0.717) is 5.56 Å². The molecule has 0 saturated heterocycles. The molecule has 0 radical (unpaired) electrons. The van der Waals surface area contributed by atoms with E-state index in [9.17, 15) is 9.18 Å². The molecule has 2 nitrogen and oxygen atoms in total. The number of benzene rings is 1. The lowest BCUT2D eigenvalue weighted by Crippen LogP contribution is -2.18. The van der Waals surface area contributed by atoms with E-state index in [1.54, 1.807) is 13.0 Å². The summed E-state index contributed by atoms with van der Waals surface area (Å²) in [5, 5.41) is 0. The summed E-state index contributed by atoms with van der Waals surface area (Å²) in [6.45, 7) is 1.76. The SMILES string of the molecule is CC1C=Nc2c(F)ccc(I)c2C1=O. The second kappa shape index (κ2) is 3.42. The van der Waals surface area contributed by atoms with E-state index in [1.807, 2.05) is 22.6 Å². The average Bonchev–Trinajstić information content (AvgIpc) is 2.16. The van der Waals surface area contributed by atoms with Crippen molar-refractivity contribution < 1.29 is 9.18 Å². The Morgan fingerprint density at radius 3 is 2.93 bits per heavy atom. The van der Waals surface area contributed by atoms with Crippen molar-refractivity contribution in [2.75, 3.05) is 0 Å². The van der Waals surface area contributed by atoms with Gasteiger partial charge in [-0.05, 0) is 34.7 Å². The third-order valence-electron chi connectivity index (χ3n) is 2.17. The fraction of sp³-hybridized carbons (Fsp3) is 0.200. The smallest absolute Gasteiger partial charge is 0.174 e. The maximum atomic E-state index is 13.3. The van der Waals surface area contributed by atoms with Gasteiger partial charge in [0.15, 0.2) is 5.78 Å². The Morgan fingerprint density at radius 2 is 2.21 bits per heavy atom. The Balaban J connectivity index is 2.73. The summed E-state index contributed by atoms with van der Waals surface area (Å²) < 4.78 is 14.0. The number of fused-ring (bicyclic) bond motifs is 1. The van der Waals surface area contributed by atoms with E-state index in [4.69, 9.17) is 0 Å². The van der Waals surface area contributed by atoms with E-state index in [-0.39, 0.29) is 17.4 Å². The monoisotopic (exact) mass is 303 g/mol. The Kier molecular flexibility index (Phi) is 2.38. The maximum Gasteiger partial charge on any atom is 0.174 e. The Morgan fingerprint density at radius 1 is 1.50 bits per heavy atom. The molecule has 1 aliphatic rings. The summed E-state index contributed by atoms with van der Waals surface area (Å²) in [5.74, 6) is -0.742.